The van der Waals surface area contributed by atoms with E-state index >= 15 is 0 Å². The fraction of sp³-hybridized carbons (Fsp3) is 0.457. The van der Waals surface area contributed by atoms with Gasteiger partial charge >= 0.3 is 0 Å². The third-order valence-corrected chi connectivity index (χ3v) is 9.33. The molecule has 0 bridgehead atoms. The minimum Gasteiger partial charge on any atom is -0.490 e. The van der Waals surface area contributed by atoms with Crippen molar-refractivity contribution in [2.75, 3.05) is 25.6 Å². The molecule has 0 atom stereocenters. The molecule has 5 rings (SSSR count). The highest BCUT2D eigenvalue weighted by atomic mass is 127. The van der Waals surface area contributed by atoms with E-state index in [9.17, 15) is 14.4 Å². The largest absolute Gasteiger partial charge is 0.490 e. The van der Waals surface area contributed by atoms with Crippen molar-refractivity contribution in [1.29, 1.82) is 0 Å². The van der Waals surface area contributed by atoms with E-state index in [0.717, 1.165) is 50.1 Å². The number of carbonyl (C=O) groups is 3. The molecule has 1 N–H and O–H groups in total. The van der Waals surface area contributed by atoms with Crippen LogP contribution in [0.1, 0.15) is 77.3 Å². The first kappa shape index (κ1) is 31.3. The average Bonchev–Trinajstić information content (AvgIpc) is 2.89. The molecule has 0 radical (unpaired) electrons. The summed E-state index contributed by atoms with van der Waals surface area (Å²) in [4.78, 5) is 42.6. The van der Waals surface area contributed by atoms with Crippen LogP contribution in [0.2, 0.25) is 0 Å². The van der Waals surface area contributed by atoms with Gasteiger partial charge in [0.05, 0.1) is 10.2 Å². The van der Waals surface area contributed by atoms with Crippen molar-refractivity contribution < 1.29 is 23.9 Å². The van der Waals surface area contributed by atoms with Crippen molar-refractivity contribution in [3.8, 4) is 11.5 Å². The summed E-state index contributed by atoms with van der Waals surface area (Å²) in [6.07, 6.45) is 2.40. The summed E-state index contributed by atoms with van der Waals surface area (Å²) in [5, 5.41) is 2.86. The predicted molar refractivity (Wildman–Crippen MR) is 176 cm³/mol. The molecule has 0 unspecified atom stereocenters. The second kappa shape index (κ2) is 11.7. The van der Waals surface area contributed by atoms with E-state index in [1.54, 1.807) is 0 Å². The van der Waals surface area contributed by atoms with Gasteiger partial charge in [-0.05, 0) is 89.9 Å². The number of anilines is 1. The van der Waals surface area contributed by atoms with E-state index in [1.165, 1.54) is 0 Å². The van der Waals surface area contributed by atoms with Gasteiger partial charge in [-0.15, -0.1) is 0 Å². The van der Waals surface area contributed by atoms with Gasteiger partial charge in [-0.3, -0.25) is 14.4 Å². The number of Topliss-reactive ketones (excluding diaryl/α,β-unsaturated/α-hetero) is 2. The van der Waals surface area contributed by atoms with Gasteiger partial charge in [-0.2, -0.15) is 0 Å². The number of aryl methyl sites for hydroxylation is 1. The maximum absolute atomic E-state index is 13.9. The number of rotatable bonds is 7. The highest BCUT2D eigenvalue weighted by Gasteiger charge is 2.48. The number of hydrogen-bond acceptors (Lipinski definition) is 6. The maximum Gasteiger partial charge on any atom is 0.262 e. The molecule has 2 aliphatic carbocycles. The fourth-order valence-corrected chi connectivity index (χ4v) is 7.41. The van der Waals surface area contributed by atoms with Gasteiger partial charge in [-0.25, -0.2) is 0 Å². The zero-order valence-electron chi connectivity index (χ0n) is 26.2. The normalized spacial score (nSPS) is 19.7. The number of allylic oxidation sites excluding steroid dienone is 4. The van der Waals surface area contributed by atoms with Gasteiger partial charge in [0.1, 0.15) is 0 Å². The van der Waals surface area contributed by atoms with Gasteiger partial charge in [0.2, 0.25) is 0 Å². The summed E-state index contributed by atoms with van der Waals surface area (Å²) in [5.41, 5.74) is 5.77. The Morgan fingerprint density at radius 3 is 2.02 bits per heavy atom. The molecule has 228 valence electrons. The molecule has 0 fully saturated rings. The molecule has 7 nitrogen and oxygen atoms in total. The highest BCUT2D eigenvalue weighted by molar-refractivity contribution is 14.1. The van der Waals surface area contributed by atoms with Crippen molar-refractivity contribution in [3.05, 3.63) is 73.6 Å². The topological polar surface area (TPSA) is 84.9 Å². The van der Waals surface area contributed by atoms with Crippen LogP contribution in [0.5, 0.6) is 11.5 Å². The van der Waals surface area contributed by atoms with Crippen molar-refractivity contribution in [2.24, 2.45) is 10.8 Å². The van der Waals surface area contributed by atoms with Crippen molar-refractivity contribution in [2.45, 2.75) is 73.1 Å². The smallest absolute Gasteiger partial charge is 0.262 e. The van der Waals surface area contributed by atoms with E-state index in [1.807, 2.05) is 57.3 Å². The van der Waals surface area contributed by atoms with E-state index in [-0.39, 0.29) is 34.9 Å². The Bertz CT molecular complexity index is 1500. The standard InChI is InChI=1S/C35H41IN2O5/c1-8-42-28-14-21(13-23(36)33(28)43-19-29(41)37-22-11-9-20(2)10-12-22)30-31-24(15-34(3,4)17-26(31)39)38(7)25-16-35(5,6)18-27(40)32(25)30/h9-14,30H,8,15-19H2,1-7H3,(H,37,41). The van der Waals surface area contributed by atoms with Gasteiger partial charge in [-0.1, -0.05) is 45.4 Å². The molecular formula is C35H41IN2O5. The summed E-state index contributed by atoms with van der Waals surface area (Å²) < 4.78 is 12.8. The molecular weight excluding hydrogens is 655 g/mol. The number of nitrogens with zero attached hydrogens (tertiary/aromatic N) is 1. The zero-order chi connectivity index (χ0) is 31.3. The van der Waals surface area contributed by atoms with Crippen LogP contribution in [-0.4, -0.2) is 42.6 Å². The number of benzene rings is 2. The Labute approximate surface area is 268 Å². The third kappa shape index (κ3) is 6.40. The SMILES string of the molecule is CCOc1cc(C2C3=C(CC(C)(C)CC3=O)N(C)C3=C2C(=O)CC(C)(C)C3)cc(I)c1OCC(=O)Nc1ccc(C)cc1. The quantitative estimate of drug-likeness (QED) is 0.306. The molecule has 2 aromatic carbocycles. The number of hydrogen-bond donors (Lipinski definition) is 1. The molecule has 1 heterocycles. The Kier molecular flexibility index (Phi) is 8.55. The van der Waals surface area contributed by atoms with E-state index in [4.69, 9.17) is 9.47 Å². The second-order valence-corrected chi connectivity index (χ2v) is 14.7. The maximum atomic E-state index is 13.9. The van der Waals surface area contributed by atoms with Crippen molar-refractivity contribution in [3.63, 3.8) is 0 Å². The van der Waals surface area contributed by atoms with Gasteiger partial charge in [0, 0.05) is 54.0 Å². The zero-order valence-corrected chi connectivity index (χ0v) is 28.3. The van der Waals surface area contributed by atoms with Crippen LogP contribution in [0.25, 0.3) is 0 Å². The summed E-state index contributed by atoms with van der Waals surface area (Å²) in [5.74, 6) is 0.385. The number of amides is 1. The van der Waals surface area contributed by atoms with Crippen molar-refractivity contribution in [1.82, 2.24) is 4.90 Å². The van der Waals surface area contributed by atoms with Crippen LogP contribution in [0.15, 0.2) is 58.9 Å². The van der Waals surface area contributed by atoms with Crippen LogP contribution in [-0.2, 0) is 14.4 Å². The number of nitrogens with one attached hydrogen (secondary N) is 1. The van der Waals surface area contributed by atoms with Crippen molar-refractivity contribution >= 4 is 45.8 Å². The fourth-order valence-electron chi connectivity index (χ4n) is 6.63. The molecule has 0 saturated carbocycles. The summed E-state index contributed by atoms with van der Waals surface area (Å²) in [6.45, 7) is 12.6. The molecule has 8 heteroatoms. The lowest BCUT2D eigenvalue weighted by Gasteiger charge is -2.48. The minimum atomic E-state index is -0.472. The van der Waals surface area contributed by atoms with Crippen LogP contribution < -0.4 is 14.8 Å². The highest BCUT2D eigenvalue weighted by Crippen LogP contribution is 2.54. The molecule has 0 saturated heterocycles. The van der Waals surface area contributed by atoms with E-state index in [2.05, 4.69) is 60.5 Å². The number of carbonyl (C=O) groups excluding carboxylic acids is 3. The molecule has 3 aliphatic rings. The van der Waals surface area contributed by atoms with Crippen LogP contribution >= 0.6 is 22.6 Å². The third-order valence-electron chi connectivity index (χ3n) is 8.53. The lowest BCUT2D eigenvalue weighted by atomic mass is 9.64. The summed E-state index contributed by atoms with van der Waals surface area (Å²) in [7, 11) is 2.01. The first-order valence-corrected chi connectivity index (χ1v) is 16.0. The van der Waals surface area contributed by atoms with E-state index < -0.39 is 5.92 Å². The number of ether oxygens (including phenoxy) is 2. The molecule has 0 spiro atoms. The van der Waals surface area contributed by atoms with Gasteiger partial charge in [0.25, 0.3) is 5.91 Å². The monoisotopic (exact) mass is 696 g/mol. The molecule has 43 heavy (non-hydrogen) atoms. The average molecular weight is 697 g/mol. The molecule has 1 amide bonds. The molecule has 2 aromatic rings. The van der Waals surface area contributed by atoms with Gasteiger partial charge in [0.15, 0.2) is 29.7 Å². The van der Waals surface area contributed by atoms with Gasteiger partial charge < -0.3 is 19.7 Å². The number of ketones is 2. The first-order chi connectivity index (χ1) is 20.2. The Morgan fingerprint density at radius 1 is 0.930 bits per heavy atom. The Morgan fingerprint density at radius 2 is 1.49 bits per heavy atom. The van der Waals surface area contributed by atoms with Crippen LogP contribution in [0.3, 0.4) is 0 Å². The Balaban J connectivity index is 1.54. The first-order valence-electron chi connectivity index (χ1n) is 14.9. The molecule has 0 aromatic heterocycles. The minimum absolute atomic E-state index is 0.0911. The number of halogens is 1. The van der Waals surface area contributed by atoms with Crippen LogP contribution in [0, 0.1) is 21.3 Å². The lowest BCUT2D eigenvalue weighted by Crippen LogP contribution is -2.43. The van der Waals surface area contributed by atoms with E-state index in [0.29, 0.717) is 36.6 Å². The Hall–Kier alpha value is -3.14. The molecule has 1 aliphatic heterocycles. The summed E-state index contributed by atoms with van der Waals surface area (Å²) in [6, 6.07) is 11.4. The second-order valence-electron chi connectivity index (χ2n) is 13.6. The summed E-state index contributed by atoms with van der Waals surface area (Å²) >= 11 is 2.19. The predicted octanol–water partition coefficient (Wildman–Crippen LogP) is 7.33. The van der Waals surface area contributed by atoms with Crippen LogP contribution in [0.4, 0.5) is 5.69 Å². The lowest BCUT2D eigenvalue weighted by molar-refractivity contribution is -0.120.